The van der Waals surface area contributed by atoms with Crippen LogP contribution in [0.1, 0.15) is 0 Å². The van der Waals surface area contributed by atoms with E-state index in [1.807, 2.05) is 12.1 Å². The Balaban J connectivity index is 2.26. The summed E-state index contributed by atoms with van der Waals surface area (Å²) in [5, 5.41) is 0.0984. The predicted octanol–water partition coefficient (Wildman–Crippen LogP) is 3.27. The molecule has 4 nitrogen and oxygen atoms in total. The van der Waals surface area contributed by atoms with Crippen LogP contribution < -0.4 is 10.5 Å². The van der Waals surface area contributed by atoms with Crippen molar-refractivity contribution in [3.63, 3.8) is 0 Å². The van der Waals surface area contributed by atoms with Crippen molar-refractivity contribution in [2.45, 2.75) is 0 Å². The zero-order valence-corrected chi connectivity index (χ0v) is 10.4. The molecule has 1 aromatic carbocycles. The Morgan fingerprint density at radius 1 is 1.25 bits per heavy atom. The number of nitrogens with zero attached hydrogens (tertiary/aromatic N) is 2. The largest absolute Gasteiger partial charge is 0.437 e. The summed E-state index contributed by atoms with van der Waals surface area (Å²) < 4.78 is 6.43. The molecule has 0 saturated carbocycles. The van der Waals surface area contributed by atoms with Crippen molar-refractivity contribution in [1.82, 2.24) is 9.97 Å². The summed E-state index contributed by atoms with van der Waals surface area (Å²) >= 11 is 8.97. The van der Waals surface area contributed by atoms with Gasteiger partial charge >= 0.3 is 0 Å². The molecule has 82 valence electrons. The first-order chi connectivity index (χ1) is 7.65. The van der Waals surface area contributed by atoms with Gasteiger partial charge in [-0.2, -0.15) is 4.98 Å². The molecular formula is C10H7BrClN3O. The fraction of sp³-hybridized carbons (Fsp3) is 0. The Hall–Kier alpha value is -1.33. The molecule has 0 aliphatic rings. The van der Waals surface area contributed by atoms with E-state index in [9.17, 15) is 0 Å². The molecule has 1 heterocycles. The van der Waals surface area contributed by atoms with Crippen LogP contribution in [0, 0.1) is 0 Å². The number of aromatic nitrogens is 2. The number of nitrogens with two attached hydrogens (primary N) is 1. The number of ether oxygens (including phenoxy) is 1. The maximum Gasteiger partial charge on any atom is 0.247 e. The Morgan fingerprint density at radius 2 is 1.94 bits per heavy atom. The Kier molecular flexibility index (Phi) is 3.26. The molecule has 2 rings (SSSR count). The lowest BCUT2D eigenvalue weighted by Gasteiger charge is -2.06. The Labute approximate surface area is 106 Å². The maximum atomic E-state index is 5.65. The standard InChI is InChI=1S/C10H7BrClN3O/c11-6-1-3-7(4-2-6)16-9-8(13)5-14-10(12)15-9/h1-5H,13H2. The third kappa shape index (κ3) is 2.62. The zero-order valence-electron chi connectivity index (χ0n) is 8.02. The first-order valence-corrected chi connectivity index (χ1v) is 5.53. The quantitative estimate of drug-likeness (QED) is 0.865. The van der Waals surface area contributed by atoms with Gasteiger partial charge in [-0.1, -0.05) is 15.9 Å². The van der Waals surface area contributed by atoms with Crippen LogP contribution in [0.25, 0.3) is 0 Å². The molecule has 6 heteroatoms. The van der Waals surface area contributed by atoms with Crippen molar-refractivity contribution in [3.05, 3.63) is 40.2 Å². The van der Waals surface area contributed by atoms with Crippen LogP contribution in [0.4, 0.5) is 5.69 Å². The highest BCUT2D eigenvalue weighted by atomic mass is 79.9. The van der Waals surface area contributed by atoms with Gasteiger partial charge in [0.15, 0.2) is 0 Å². The minimum absolute atomic E-state index is 0.0984. The van der Waals surface area contributed by atoms with E-state index >= 15 is 0 Å². The number of nitrogen functional groups attached to an aromatic ring is 1. The van der Waals surface area contributed by atoms with Gasteiger partial charge in [0.05, 0.1) is 6.20 Å². The van der Waals surface area contributed by atoms with Crippen molar-refractivity contribution in [3.8, 4) is 11.6 Å². The lowest BCUT2D eigenvalue weighted by Crippen LogP contribution is -1.96. The van der Waals surface area contributed by atoms with Gasteiger partial charge in [0.2, 0.25) is 11.2 Å². The van der Waals surface area contributed by atoms with Crippen LogP contribution in [0.2, 0.25) is 5.28 Å². The van der Waals surface area contributed by atoms with E-state index in [2.05, 4.69) is 25.9 Å². The molecule has 0 saturated heterocycles. The fourth-order valence-corrected chi connectivity index (χ4v) is 1.44. The van der Waals surface area contributed by atoms with Crippen molar-refractivity contribution in [1.29, 1.82) is 0 Å². The monoisotopic (exact) mass is 299 g/mol. The predicted molar refractivity (Wildman–Crippen MR) is 65.7 cm³/mol. The van der Waals surface area contributed by atoms with Gasteiger partial charge in [0.1, 0.15) is 11.4 Å². The van der Waals surface area contributed by atoms with Gasteiger partial charge in [-0.3, -0.25) is 0 Å². The average Bonchev–Trinajstić information content (AvgIpc) is 2.27. The highest BCUT2D eigenvalue weighted by molar-refractivity contribution is 9.10. The Morgan fingerprint density at radius 3 is 2.62 bits per heavy atom. The second kappa shape index (κ2) is 4.67. The second-order valence-electron chi connectivity index (χ2n) is 2.96. The third-order valence-electron chi connectivity index (χ3n) is 1.78. The van der Waals surface area contributed by atoms with Gasteiger partial charge in [-0.15, -0.1) is 0 Å². The van der Waals surface area contributed by atoms with Gasteiger partial charge in [-0.25, -0.2) is 4.98 Å². The molecule has 0 spiro atoms. The molecule has 0 atom stereocenters. The second-order valence-corrected chi connectivity index (χ2v) is 4.21. The van der Waals surface area contributed by atoms with E-state index in [1.165, 1.54) is 6.20 Å². The topological polar surface area (TPSA) is 61.0 Å². The van der Waals surface area contributed by atoms with Gasteiger partial charge in [-0.05, 0) is 35.9 Å². The van der Waals surface area contributed by atoms with Crippen LogP contribution in [0.3, 0.4) is 0 Å². The molecule has 0 unspecified atom stereocenters. The van der Waals surface area contributed by atoms with E-state index in [-0.39, 0.29) is 11.2 Å². The van der Waals surface area contributed by atoms with Crippen molar-refractivity contribution >= 4 is 33.2 Å². The molecule has 0 fully saturated rings. The van der Waals surface area contributed by atoms with Gasteiger partial charge < -0.3 is 10.5 Å². The van der Waals surface area contributed by atoms with Crippen LogP contribution in [0.15, 0.2) is 34.9 Å². The highest BCUT2D eigenvalue weighted by Crippen LogP contribution is 2.26. The molecule has 0 aliphatic carbocycles. The smallest absolute Gasteiger partial charge is 0.247 e. The number of hydrogen-bond donors (Lipinski definition) is 1. The summed E-state index contributed by atoms with van der Waals surface area (Å²) in [6.45, 7) is 0. The first kappa shape index (κ1) is 11.2. The maximum absolute atomic E-state index is 5.65. The lowest BCUT2D eigenvalue weighted by molar-refractivity contribution is 0.464. The average molecular weight is 301 g/mol. The number of hydrogen-bond acceptors (Lipinski definition) is 4. The number of rotatable bonds is 2. The van der Waals surface area contributed by atoms with Crippen LogP contribution >= 0.6 is 27.5 Å². The van der Waals surface area contributed by atoms with E-state index in [4.69, 9.17) is 22.1 Å². The highest BCUT2D eigenvalue weighted by Gasteiger charge is 2.05. The molecule has 2 N–H and O–H groups in total. The van der Waals surface area contributed by atoms with Crippen molar-refractivity contribution in [2.24, 2.45) is 0 Å². The summed E-state index contributed by atoms with van der Waals surface area (Å²) in [4.78, 5) is 7.62. The third-order valence-corrected chi connectivity index (χ3v) is 2.49. The van der Waals surface area contributed by atoms with Gasteiger partial charge in [0, 0.05) is 4.47 Å². The molecule has 0 radical (unpaired) electrons. The molecule has 0 aliphatic heterocycles. The van der Waals surface area contributed by atoms with E-state index in [1.54, 1.807) is 12.1 Å². The normalized spacial score (nSPS) is 10.1. The van der Waals surface area contributed by atoms with Crippen LogP contribution in [-0.2, 0) is 0 Å². The number of benzene rings is 1. The molecular weight excluding hydrogens is 293 g/mol. The summed E-state index contributed by atoms with van der Waals surface area (Å²) in [6.07, 6.45) is 1.41. The summed E-state index contributed by atoms with van der Waals surface area (Å²) in [6, 6.07) is 7.29. The van der Waals surface area contributed by atoms with Crippen LogP contribution in [-0.4, -0.2) is 9.97 Å². The zero-order chi connectivity index (χ0) is 11.5. The summed E-state index contributed by atoms with van der Waals surface area (Å²) in [5.41, 5.74) is 5.99. The minimum Gasteiger partial charge on any atom is -0.437 e. The molecule has 0 bridgehead atoms. The number of halogens is 2. The Bertz CT molecular complexity index is 504. The summed E-state index contributed by atoms with van der Waals surface area (Å²) in [7, 11) is 0. The van der Waals surface area contributed by atoms with E-state index in [0.717, 1.165) is 4.47 Å². The van der Waals surface area contributed by atoms with Crippen molar-refractivity contribution in [2.75, 3.05) is 5.73 Å². The van der Waals surface area contributed by atoms with Crippen molar-refractivity contribution < 1.29 is 4.74 Å². The minimum atomic E-state index is 0.0984. The summed E-state index contributed by atoms with van der Waals surface area (Å²) in [5.74, 6) is 0.881. The van der Waals surface area contributed by atoms with Crippen LogP contribution in [0.5, 0.6) is 11.6 Å². The molecule has 2 aromatic rings. The lowest BCUT2D eigenvalue weighted by atomic mass is 10.3. The molecule has 0 amide bonds. The number of anilines is 1. The van der Waals surface area contributed by atoms with Gasteiger partial charge in [0.25, 0.3) is 0 Å². The first-order valence-electron chi connectivity index (χ1n) is 4.36. The molecule has 1 aromatic heterocycles. The van der Waals surface area contributed by atoms with E-state index in [0.29, 0.717) is 11.4 Å². The SMILES string of the molecule is Nc1cnc(Cl)nc1Oc1ccc(Br)cc1. The fourth-order valence-electron chi connectivity index (χ4n) is 1.05. The molecule has 16 heavy (non-hydrogen) atoms. The van der Waals surface area contributed by atoms with E-state index < -0.39 is 0 Å².